The van der Waals surface area contributed by atoms with E-state index in [9.17, 15) is 9.90 Å². The Morgan fingerprint density at radius 1 is 1.39 bits per heavy atom. The fourth-order valence-corrected chi connectivity index (χ4v) is 2.61. The number of rotatable bonds is 3. The number of piperidine rings is 1. The number of carboxylic acid groups (broad SMARTS) is 1. The first kappa shape index (κ1) is 13.1. The Bertz CT molecular complexity index is 414. The van der Waals surface area contributed by atoms with Gasteiger partial charge in [0.2, 0.25) is 0 Å². The third-order valence-electron chi connectivity index (χ3n) is 4.00. The highest BCUT2D eigenvalue weighted by Gasteiger charge is 2.39. The van der Waals surface area contributed by atoms with Crippen LogP contribution in [0.4, 0.5) is 0 Å². The molecule has 1 aromatic rings. The molecule has 1 aliphatic heterocycles. The van der Waals surface area contributed by atoms with Crippen LogP contribution in [-0.2, 0) is 11.3 Å². The Hall–Kier alpha value is -1.35. The maximum absolute atomic E-state index is 11.3. The molecule has 1 N–H and O–H groups in total. The van der Waals surface area contributed by atoms with Gasteiger partial charge in [0.15, 0.2) is 0 Å². The van der Waals surface area contributed by atoms with E-state index < -0.39 is 5.97 Å². The van der Waals surface area contributed by atoms with Crippen molar-refractivity contribution in [1.29, 1.82) is 0 Å². The number of likely N-dealkylation sites (tertiary alicyclic amines) is 1. The maximum atomic E-state index is 11.3. The average molecular weight is 247 g/mol. The van der Waals surface area contributed by atoms with Crippen LogP contribution >= 0.6 is 0 Å². The van der Waals surface area contributed by atoms with E-state index in [4.69, 9.17) is 0 Å². The highest BCUT2D eigenvalue weighted by molar-refractivity contribution is 5.71. The second-order valence-electron chi connectivity index (χ2n) is 5.85. The minimum atomic E-state index is -0.669. The second kappa shape index (κ2) is 5.11. The van der Waals surface area contributed by atoms with E-state index in [-0.39, 0.29) is 11.3 Å². The molecule has 3 heteroatoms. The Kier molecular flexibility index (Phi) is 3.71. The number of benzene rings is 1. The normalized spacial score (nSPS) is 23.8. The van der Waals surface area contributed by atoms with Gasteiger partial charge in [0.25, 0.3) is 0 Å². The fraction of sp³-hybridized carbons (Fsp3) is 0.533. The van der Waals surface area contributed by atoms with Gasteiger partial charge in [0.1, 0.15) is 0 Å². The molecule has 1 saturated heterocycles. The molecular weight excluding hydrogens is 226 g/mol. The Morgan fingerprint density at radius 2 is 2.06 bits per heavy atom. The Morgan fingerprint density at radius 3 is 2.67 bits per heavy atom. The van der Waals surface area contributed by atoms with Crippen molar-refractivity contribution in [2.75, 3.05) is 13.1 Å². The summed E-state index contributed by atoms with van der Waals surface area (Å²) in [6, 6.07) is 10.2. The van der Waals surface area contributed by atoms with E-state index in [0.29, 0.717) is 6.54 Å². The van der Waals surface area contributed by atoms with Crippen molar-refractivity contribution < 1.29 is 9.90 Å². The van der Waals surface area contributed by atoms with E-state index >= 15 is 0 Å². The minimum Gasteiger partial charge on any atom is -0.481 e. The van der Waals surface area contributed by atoms with Gasteiger partial charge in [0, 0.05) is 13.1 Å². The lowest BCUT2D eigenvalue weighted by molar-refractivity contribution is -0.149. The average Bonchev–Trinajstić information content (AvgIpc) is 2.32. The standard InChI is InChI=1S/C15H21NO2/c1-15(2)8-9-16(11-13(15)14(17)18)10-12-6-4-3-5-7-12/h3-7,13H,8-11H2,1-2H3,(H,17,18). The molecule has 0 spiro atoms. The monoisotopic (exact) mass is 247 g/mol. The van der Waals surface area contributed by atoms with Crippen LogP contribution in [0.25, 0.3) is 0 Å². The van der Waals surface area contributed by atoms with Crippen LogP contribution in [0, 0.1) is 11.3 Å². The van der Waals surface area contributed by atoms with Crippen molar-refractivity contribution in [3.63, 3.8) is 0 Å². The molecular formula is C15H21NO2. The van der Waals surface area contributed by atoms with Gasteiger partial charge >= 0.3 is 5.97 Å². The van der Waals surface area contributed by atoms with Gasteiger partial charge in [-0.25, -0.2) is 0 Å². The van der Waals surface area contributed by atoms with Crippen molar-refractivity contribution in [1.82, 2.24) is 4.90 Å². The topological polar surface area (TPSA) is 40.5 Å². The Balaban J connectivity index is 2.03. The van der Waals surface area contributed by atoms with Gasteiger partial charge in [-0.15, -0.1) is 0 Å². The summed E-state index contributed by atoms with van der Waals surface area (Å²) in [5.41, 5.74) is 1.15. The third-order valence-corrected chi connectivity index (χ3v) is 4.00. The van der Waals surface area contributed by atoms with Crippen LogP contribution in [0.1, 0.15) is 25.8 Å². The number of carbonyl (C=O) groups is 1. The molecule has 2 rings (SSSR count). The van der Waals surface area contributed by atoms with Crippen LogP contribution in [-0.4, -0.2) is 29.1 Å². The van der Waals surface area contributed by atoms with Crippen LogP contribution < -0.4 is 0 Å². The molecule has 1 fully saturated rings. The molecule has 0 bridgehead atoms. The molecule has 1 aliphatic rings. The highest BCUT2D eigenvalue weighted by atomic mass is 16.4. The summed E-state index contributed by atoms with van der Waals surface area (Å²) in [7, 11) is 0. The predicted molar refractivity (Wildman–Crippen MR) is 71.2 cm³/mol. The van der Waals surface area contributed by atoms with E-state index in [1.807, 2.05) is 18.2 Å². The van der Waals surface area contributed by atoms with Gasteiger partial charge in [-0.2, -0.15) is 0 Å². The lowest BCUT2D eigenvalue weighted by Crippen LogP contribution is -2.47. The van der Waals surface area contributed by atoms with Crippen molar-refractivity contribution in [3.05, 3.63) is 35.9 Å². The van der Waals surface area contributed by atoms with Crippen molar-refractivity contribution in [2.24, 2.45) is 11.3 Å². The zero-order valence-corrected chi connectivity index (χ0v) is 11.1. The summed E-state index contributed by atoms with van der Waals surface area (Å²) in [5, 5.41) is 9.33. The Labute approximate surface area is 108 Å². The summed E-state index contributed by atoms with van der Waals surface area (Å²) in [5.74, 6) is -0.937. The number of nitrogens with zero attached hydrogens (tertiary/aromatic N) is 1. The fourth-order valence-electron chi connectivity index (χ4n) is 2.61. The largest absolute Gasteiger partial charge is 0.481 e. The van der Waals surface area contributed by atoms with Gasteiger partial charge in [0.05, 0.1) is 5.92 Å². The minimum absolute atomic E-state index is 0.0982. The van der Waals surface area contributed by atoms with Gasteiger partial charge in [-0.1, -0.05) is 44.2 Å². The zero-order chi connectivity index (χ0) is 13.2. The molecule has 18 heavy (non-hydrogen) atoms. The molecule has 98 valence electrons. The maximum Gasteiger partial charge on any atom is 0.308 e. The summed E-state index contributed by atoms with van der Waals surface area (Å²) >= 11 is 0. The lowest BCUT2D eigenvalue weighted by atomic mass is 9.73. The van der Waals surface area contributed by atoms with Crippen LogP contribution in [0.3, 0.4) is 0 Å². The van der Waals surface area contributed by atoms with E-state index in [1.54, 1.807) is 0 Å². The predicted octanol–water partition coefficient (Wildman–Crippen LogP) is 2.62. The first-order valence-electron chi connectivity index (χ1n) is 6.48. The van der Waals surface area contributed by atoms with Crippen molar-refractivity contribution in [3.8, 4) is 0 Å². The van der Waals surface area contributed by atoms with Gasteiger partial charge in [-0.05, 0) is 23.9 Å². The molecule has 1 aromatic carbocycles. The molecule has 0 aliphatic carbocycles. The summed E-state index contributed by atoms with van der Waals surface area (Å²) in [6.07, 6.45) is 0.941. The molecule has 0 saturated carbocycles. The van der Waals surface area contributed by atoms with Crippen LogP contribution in [0.15, 0.2) is 30.3 Å². The van der Waals surface area contributed by atoms with Gasteiger partial charge in [-0.3, -0.25) is 9.69 Å². The molecule has 1 heterocycles. The number of carboxylic acids is 1. The number of aliphatic carboxylic acids is 1. The summed E-state index contributed by atoms with van der Waals surface area (Å²) in [4.78, 5) is 13.6. The first-order chi connectivity index (χ1) is 8.49. The highest BCUT2D eigenvalue weighted by Crippen LogP contribution is 2.36. The first-order valence-corrected chi connectivity index (χ1v) is 6.48. The summed E-state index contributed by atoms with van der Waals surface area (Å²) in [6.45, 7) is 6.60. The number of hydrogen-bond acceptors (Lipinski definition) is 2. The number of hydrogen-bond donors (Lipinski definition) is 1. The quantitative estimate of drug-likeness (QED) is 0.892. The molecule has 3 nitrogen and oxygen atoms in total. The zero-order valence-electron chi connectivity index (χ0n) is 11.1. The molecule has 0 aromatic heterocycles. The van der Waals surface area contributed by atoms with Crippen LogP contribution in [0.2, 0.25) is 0 Å². The summed E-state index contributed by atoms with van der Waals surface area (Å²) < 4.78 is 0. The smallest absolute Gasteiger partial charge is 0.308 e. The SMILES string of the molecule is CC1(C)CCN(Cc2ccccc2)CC1C(=O)O. The molecule has 0 amide bonds. The molecule has 1 unspecified atom stereocenters. The third kappa shape index (κ3) is 2.91. The van der Waals surface area contributed by atoms with Crippen molar-refractivity contribution >= 4 is 5.97 Å². The van der Waals surface area contributed by atoms with E-state index in [2.05, 4.69) is 30.9 Å². The van der Waals surface area contributed by atoms with Gasteiger partial charge < -0.3 is 5.11 Å². The molecule has 0 radical (unpaired) electrons. The molecule has 1 atom stereocenters. The second-order valence-corrected chi connectivity index (χ2v) is 5.85. The van der Waals surface area contributed by atoms with Crippen molar-refractivity contribution in [2.45, 2.75) is 26.8 Å². The van der Waals surface area contributed by atoms with E-state index in [0.717, 1.165) is 19.5 Å². The lowest BCUT2D eigenvalue weighted by Gasteiger charge is -2.41. The van der Waals surface area contributed by atoms with E-state index in [1.165, 1.54) is 5.56 Å². The van der Waals surface area contributed by atoms with Crippen LogP contribution in [0.5, 0.6) is 0 Å².